The molecule has 1 N–H and O–H groups in total. The van der Waals surface area contributed by atoms with Gasteiger partial charge in [-0.1, -0.05) is 30.3 Å². The third-order valence-corrected chi connectivity index (χ3v) is 6.80. The SMILES string of the molecule is Cc1cc(C)c(C(=O)N2CCC[C@H](C(=O)c3ccc4c5c(cccc35)CC4)C2)c(=O)[nH]1. The molecule has 3 aromatic rings. The van der Waals surface area contributed by atoms with Gasteiger partial charge in [0.15, 0.2) is 5.78 Å². The van der Waals surface area contributed by atoms with Crippen LogP contribution in [-0.4, -0.2) is 34.7 Å². The lowest BCUT2D eigenvalue weighted by molar-refractivity contribution is 0.0635. The van der Waals surface area contributed by atoms with E-state index in [0.29, 0.717) is 18.7 Å². The number of Topliss-reactive ketones (excluding diaryl/α,β-unsaturated/α-hetero) is 1. The Morgan fingerprint density at radius 3 is 2.61 bits per heavy atom. The summed E-state index contributed by atoms with van der Waals surface area (Å²) in [6.07, 6.45) is 3.57. The Balaban J connectivity index is 1.44. The van der Waals surface area contributed by atoms with E-state index in [9.17, 15) is 14.4 Å². The fourth-order valence-electron chi connectivity index (χ4n) is 5.33. The van der Waals surface area contributed by atoms with E-state index in [2.05, 4.69) is 17.1 Å². The molecule has 1 amide bonds. The summed E-state index contributed by atoms with van der Waals surface area (Å²) >= 11 is 0. The summed E-state index contributed by atoms with van der Waals surface area (Å²) in [6.45, 7) is 4.51. The van der Waals surface area contributed by atoms with Crippen LogP contribution in [0.2, 0.25) is 0 Å². The minimum atomic E-state index is -0.358. The van der Waals surface area contributed by atoms with Crippen molar-refractivity contribution in [2.45, 2.75) is 39.5 Å². The average Bonchev–Trinajstić information content (AvgIpc) is 3.18. The largest absolute Gasteiger partial charge is 0.338 e. The number of amides is 1. The highest BCUT2D eigenvalue weighted by atomic mass is 16.2. The van der Waals surface area contributed by atoms with Crippen molar-refractivity contribution in [3.05, 3.63) is 80.3 Å². The lowest BCUT2D eigenvalue weighted by Crippen LogP contribution is -2.44. The van der Waals surface area contributed by atoms with Crippen LogP contribution in [-0.2, 0) is 12.8 Å². The number of aromatic amines is 1. The summed E-state index contributed by atoms with van der Waals surface area (Å²) in [4.78, 5) is 43.5. The highest BCUT2D eigenvalue weighted by molar-refractivity contribution is 6.11. The van der Waals surface area contributed by atoms with E-state index in [1.165, 1.54) is 16.5 Å². The van der Waals surface area contributed by atoms with E-state index in [1.807, 2.05) is 24.3 Å². The van der Waals surface area contributed by atoms with Gasteiger partial charge in [0, 0.05) is 30.3 Å². The molecule has 0 spiro atoms. The number of carbonyl (C=O) groups excluding carboxylic acids is 2. The minimum absolute atomic E-state index is 0.0997. The predicted molar refractivity (Wildman–Crippen MR) is 121 cm³/mol. The molecule has 2 aliphatic rings. The maximum Gasteiger partial charge on any atom is 0.261 e. The van der Waals surface area contributed by atoms with Crippen molar-refractivity contribution in [2.75, 3.05) is 13.1 Å². The molecule has 0 bridgehead atoms. The van der Waals surface area contributed by atoms with Crippen molar-refractivity contribution in [3.63, 3.8) is 0 Å². The number of benzene rings is 2. The number of pyridine rings is 1. The van der Waals surface area contributed by atoms with Crippen LogP contribution < -0.4 is 5.56 Å². The number of hydrogen-bond donors (Lipinski definition) is 1. The van der Waals surface area contributed by atoms with E-state index < -0.39 is 0 Å². The second kappa shape index (κ2) is 7.49. The van der Waals surface area contributed by atoms with Gasteiger partial charge in [-0.15, -0.1) is 0 Å². The number of ketones is 1. The molecule has 0 radical (unpaired) electrons. The maximum atomic E-state index is 13.5. The van der Waals surface area contributed by atoms with E-state index in [0.717, 1.165) is 42.3 Å². The summed E-state index contributed by atoms with van der Waals surface area (Å²) in [7, 11) is 0. The minimum Gasteiger partial charge on any atom is -0.338 e. The molecule has 31 heavy (non-hydrogen) atoms. The van der Waals surface area contributed by atoms with Gasteiger partial charge in [0.05, 0.1) is 0 Å². The average molecular weight is 415 g/mol. The van der Waals surface area contributed by atoms with E-state index in [-0.39, 0.29) is 28.7 Å². The lowest BCUT2D eigenvalue weighted by Gasteiger charge is -2.32. The molecule has 1 aromatic heterocycles. The Bertz CT molecular complexity index is 1280. The van der Waals surface area contributed by atoms with Crippen molar-refractivity contribution in [1.82, 2.24) is 9.88 Å². The lowest BCUT2D eigenvalue weighted by atomic mass is 9.87. The quantitative estimate of drug-likeness (QED) is 0.659. The summed E-state index contributed by atoms with van der Waals surface area (Å²) < 4.78 is 0. The Hall–Kier alpha value is -3.21. The predicted octanol–water partition coefficient (Wildman–Crippen LogP) is 3.98. The number of nitrogens with one attached hydrogen (secondary N) is 1. The van der Waals surface area contributed by atoms with Crippen LogP contribution in [0.3, 0.4) is 0 Å². The second-order valence-electron chi connectivity index (χ2n) is 8.91. The van der Waals surface area contributed by atoms with Crippen LogP contribution in [0.15, 0.2) is 41.2 Å². The molecule has 1 aliphatic heterocycles. The van der Waals surface area contributed by atoms with Crippen LogP contribution in [0.4, 0.5) is 0 Å². The summed E-state index contributed by atoms with van der Waals surface area (Å²) in [5.41, 5.74) is 4.62. The van der Waals surface area contributed by atoms with Gasteiger partial charge in [-0.3, -0.25) is 14.4 Å². The molecular formula is C26H26N2O3. The van der Waals surface area contributed by atoms with E-state index >= 15 is 0 Å². The molecule has 1 aliphatic carbocycles. The van der Waals surface area contributed by atoms with Crippen LogP contribution in [0.1, 0.15) is 55.9 Å². The van der Waals surface area contributed by atoms with Crippen LogP contribution in [0, 0.1) is 19.8 Å². The second-order valence-corrected chi connectivity index (χ2v) is 8.91. The molecule has 158 valence electrons. The number of nitrogens with zero attached hydrogens (tertiary/aromatic N) is 1. The molecule has 2 aromatic carbocycles. The number of piperidine rings is 1. The first kappa shape index (κ1) is 19.7. The fraction of sp³-hybridized carbons (Fsp3) is 0.346. The summed E-state index contributed by atoms with van der Waals surface area (Å²) in [6, 6.07) is 12.1. The topological polar surface area (TPSA) is 70.2 Å². The van der Waals surface area contributed by atoms with Crippen molar-refractivity contribution in [1.29, 1.82) is 0 Å². The van der Waals surface area contributed by atoms with Crippen molar-refractivity contribution >= 4 is 22.5 Å². The number of H-pyrrole nitrogens is 1. The Labute approximate surface area is 181 Å². The molecule has 1 fully saturated rings. The van der Waals surface area contributed by atoms with Gasteiger partial charge in [0.2, 0.25) is 0 Å². The number of carbonyl (C=O) groups is 2. The molecule has 5 rings (SSSR count). The zero-order chi connectivity index (χ0) is 21.7. The third-order valence-electron chi connectivity index (χ3n) is 6.80. The van der Waals surface area contributed by atoms with Gasteiger partial charge in [-0.2, -0.15) is 0 Å². The van der Waals surface area contributed by atoms with Crippen LogP contribution in [0.25, 0.3) is 10.8 Å². The van der Waals surface area contributed by atoms with Crippen LogP contribution >= 0.6 is 0 Å². The third kappa shape index (κ3) is 3.29. The Morgan fingerprint density at radius 2 is 1.84 bits per heavy atom. The first-order chi connectivity index (χ1) is 14.9. The zero-order valence-corrected chi connectivity index (χ0v) is 18.0. The van der Waals surface area contributed by atoms with Gasteiger partial charge in [0.25, 0.3) is 11.5 Å². The number of likely N-dealkylation sites (tertiary alicyclic amines) is 1. The normalized spacial score (nSPS) is 17.9. The summed E-state index contributed by atoms with van der Waals surface area (Å²) in [5, 5.41) is 2.27. The number of aryl methyl sites for hydroxylation is 4. The van der Waals surface area contributed by atoms with Gasteiger partial charge in [-0.05, 0) is 73.1 Å². The summed E-state index contributed by atoms with van der Waals surface area (Å²) in [5.74, 6) is -0.430. The molecule has 2 heterocycles. The maximum absolute atomic E-state index is 13.5. The van der Waals surface area contributed by atoms with Crippen molar-refractivity contribution in [2.24, 2.45) is 5.92 Å². The Kier molecular flexibility index (Phi) is 4.77. The molecule has 0 unspecified atom stereocenters. The number of hydrogen-bond acceptors (Lipinski definition) is 3. The highest BCUT2D eigenvalue weighted by Crippen LogP contribution is 2.34. The standard InChI is InChI=1S/C26H26N2O3/c1-15-13-16(2)27-25(30)22(15)26(31)28-12-4-6-19(14-28)24(29)21-11-10-18-9-8-17-5-3-7-20(21)23(17)18/h3,5,7,10-11,13,19H,4,6,8-9,12,14H2,1-2H3,(H,27,30)/t19-/m0/s1. The first-order valence-electron chi connectivity index (χ1n) is 11.0. The molecular weight excluding hydrogens is 388 g/mol. The molecule has 0 saturated carbocycles. The first-order valence-corrected chi connectivity index (χ1v) is 11.0. The molecule has 1 atom stereocenters. The number of rotatable bonds is 3. The molecule has 5 heteroatoms. The number of aromatic nitrogens is 1. The molecule has 1 saturated heterocycles. The Morgan fingerprint density at radius 1 is 1.06 bits per heavy atom. The van der Waals surface area contributed by atoms with Crippen molar-refractivity contribution in [3.8, 4) is 0 Å². The highest BCUT2D eigenvalue weighted by Gasteiger charge is 2.32. The van der Waals surface area contributed by atoms with Gasteiger partial charge >= 0.3 is 0 Å². The smallest absolute Gasteiger partial charge is 0.261 e. The van der Waals surface area contributed by atoms with Crippen LogP contribution in [0.5, 0.6) is 0 Å². The fourth-order valence-corrected chi connectivity index (χ4v) is 5.33. The van der Waals surface area contributed by atoms with Gasteiger partial charge in [0.1, 0.15) is 5.56 Å². The van der Waals surface area contributed by atoms with Gasteiger partial charge < -0.3 is 9.88 Å². The van der Waals surface area contributed by atoms with E-state index in [4.69, 9.17) is 0 Å². The van der Waals surface area contributed by atoms with Gasteiger partial charge in [-0.25, -0.2) is 0 Å². The van der Waals surface area contributed by atoms with E-state index in [1.54, 1.807) is 18.7 Å². The monoisotopic (exact) mass is 414 g/mol. The molecule has 5 nitrogen and oxygen atoms in total. The van der Waals surface area contributed by atoms with Crippen molar-refractivity contribution < 1.29 is 9.59 Å². The zero-order valence-electron chi connectivity index (χ0n) is 18.0.